The van der Waals surface area contributed by atoms with Crippen molar-refractivity contribution in [2.24, 2.45) is 0 Å². The molecule has 1 aliphatic carbocycles. The monoisotopic (exact) mass is 342 g/mol. The lowest BCUT2D eigenvalue weighted by molar-refractivity contribution is 0.282. The Balaban J connectivity index is 1.81. The Kier molecular flexibility index (Phi) is 4.59. The van der Waals surface area contributed by atoms with E-state index in [0.717, 1.165) is 34.4 Å². The first-order chi connectivity index (χ1) is 12.8. The average molecular weight is 342 g/mol. The van der Waals surface area contributed by atoms with E-state index in [9.17, 15) is 5.11 Å². The summed E-state index contributed by atoms with van der Waals surface area (Å²) in [4.78, 5) is 0. The van der Waals surface area contributed by atoms with E-state index in [0.29, 0.717) is 5.92 Å². The molecule has 0 bridgehead atoms. The van der Waals surface area contributed by atoms with Crippen LogP contribution in [0.4, 0.5) is 0 Å². The van der Waals surface area contributed by atoms with Crippen molar-refractivity contribution in [3.63, 3.8) is 0 Å². The Morgan fingerprint density at radius 2 is 1.73 bits per heavy atom. The highest BCUT2D eigenvalue weighted by atomic mass is 16.5. The molecule has 4 rings (SSSR count). The van der Waals surface area contributed by atoms with E-state index in [1.165, 1.54) is 11.1 Å². The molecule has 1 atom stereocenters. The minimum atomic E-state index is 0.0348. The minimum absolute atomic E-state index is 0.0348. The lowest BCUT2D eigenvalue weighted by Gasteiger charge is -2.25. The van der Waals surface area contributed by atoms with Gasteiger partial charge in [-0.1, -0.05) is 66.7 Å². The van der Waals surface area contributed by atoms with Gasteiger partial charge in [0.05, 0.1) is 13.7 Å². The van der Waals surface area contributed by atoms with Crippen LogP contribution in [0.25, 0.3) is 17.2 Å². The number of ether oxygens (including phenoxy) is 1. The van der Waals surface area contributed by atoms with Crippen molar-refractivity contribution in [2.75, 3.05) is 7.11 Å². The highest BCUT2D eigenvalue weighted by Gasteiger charge is 2.22. The van der Waals surface area contributed by atoms with Gasteiger partial charge in [0.25, 0.3) is 0 Å². The Morgan fingerprint density at radius 1 is 0.962 bits per heavy atom. The van der Waals surface area contributed by atoms with Crippen molar-refractivity contribution in [2.45, 2.75) is 18.9 Å². The van der Waals surface area contributed by atoms with Crippen molar-refractivity contribution in [1.82, 2.24) is 0 Å². The third-order valence-electron chi connectivity index (χ3n) is 5.18. The number of allylic oxidation sites excluding steroid dienone is 1. The topological polar surface area (TPSA) is 29.5 Å². The molecule has 0 aliphatic heterocycles. The summed E-state index contributed by atoms with van der Waals surface area (Å²) in [5.74, 6) is 1.17. The number of hydrogen-bond donors (Lipinski definition) is 1. The molecular formula is C24H22O2. The van der Waals surface area contributed by atoms with Crippen molar-refractivity contribution in [1.29, 1.82) is 0 Å². The number of benzene rings is 3. The molecule has 0 fully saturated rings. The smallest absolute Gasteiger partial charge is 0.118 e. The highest BCUT2D eigenvalue weighted by Crippen LogP contribution is 2.40. The van der Waals surface area contributed by atoms with Gasteiger partial charge in [0.2, 0.25) is 0 Å². The fourth-order valence-electron chi connectivity index (χ4n) is 3.84. The zero-order valence-corrected chi connectivity index (χ0v) is 14.9. The average Bonchev–Trinajstić information content (AvgIpc) is 2.73. The largest absolute Gasteiger partial charge is 0.497 e. The third kappa shape index (κ3) is 2.93. The lowest BCUT2D eigenvalue weighted by atomic mass is 9.79. The SMILES string of the molecule is COc1ccc(C2CC=Cc3c2ccc(-c2ccccc2)c3CO)cc1. The first-order valence-electron chi connectivity index (χ1n) is 8.94. The van der Waals surface area contributed by atoms with E-state index < -0.39 is 0 Å². The summed E-state index contributed by atoms with van der Waals surface area (Å²) in [5, 5.41) is 10.1. The summed E-state index contributed by atoms with van der Waals surface area (Å²) >= 11 is 0. The Labute approximate surface area is 154 Å². The van der Waals surface area contributed by atoms with Crippen LogP contribution in [-0.2, 0) is 6.61 Å². The van der Waals surface area contributed by atoms with Crippen molar-refractivity contribution < 1.29 is 9.84 Å². The molecule has 1 aliphatic rings. The van der Waals surface area contributed by atoms with Gasteiger partial charge in [-0.15, -0.1) is 0 Å². The second kappa shape index (κ2) is 7.19. The van der Waals surface area contributed by atoms with Gasteiger partial charge in [0, 0.05) is 5.92 Å². The van der Waals surface area contributed by atoms with Gasteiger partial charge in [0.1, 0.15) is 5.75 Å². The molecule has 0 aromatic heterocycles. The molecular weight excluding hydrogens is 320 g/mol. The van der Waals surface area contributed by atoms with Gasteiger partial charge in [-0.05, 0) is 51.9 Å². The van der Waals surface area contributed by atoms with Crippen molar-refractivity contribution in [3.8, 4) is 16.9 Å². The third-order valence-corrected chi connectivity index (χ3v) is 5.18. The van der Waals surface area contributed by atoms with Crippen LogP contribution in [0.5, 0.6) is 5.75 Å². The molecule has 0 amide bonds. The van der Waals surface area contributed by atoms with Crippen LogP contribution in [0.15, 0.2) is 72.8 Å². The highest BCUT2D eigenvalue weighted by molar-refractivity contribution is 5.76. The minimum Gasteiger partial charge on any atom is -0.497 e. The molecule has 26 heavy (non-hydrogen) atoms. The van der Waals surface area contributed by atoms with Crippen LogP contribution in [0.3, 0.4) is 0 Å². The number of hydrogen-bond acceptors (Lipinski definition) is 2. The number of methoxy groups -OCH3 is 1. The van der Waals surface area contributed by atoms with E-state index in [-0.39, 0.29) is 6.61 Å². The van der Waals surface area contributed by atoms with Gasteiger partial charge in [-0.2, -0.15) is 0 Å². The number of aliphatic hydroxyl groups excluding tert-OH is 1. The van der Waals surface area contributed by atoms with Crippen LogP contribution in [0, 0.1) is 0 Å². The summed E-state index contributed by atoms with van der Waals surface area (Å²) in [7, 11) is 1.69. The van der Waals surface area contributed by atoms with E-state index in [1.807, 2.05) is 30.3 Å². The molecule has 3 aromatic rings. The molecule has 1 unspecified atom stereocenters. The maximum atomic E-state index is 10.1. The standard InChI is InChI=1S/C24H22O2/c1-26-19-12-10-18(11-13-19)20-8-5-9-22-23(20)15-14-21(24(22)16-25)17-6-3-2-4-7-17/h2-7,9-15,20,25H,8,16H2,1H3. The molecule has 130 valence electrons. The Morgan fingerprint density at radius 3 is 2.42 bits per heavy atom. The van der Waals surface area contributed by atoms with Gasteiger partial charge in [-0.25, -0.2) is 0 Å². The molecule has 0 saturated carbocycles. The van der Waals surface area contributed by atoms with Crippen LogP contribution in [-0.4, -0.2) is 12.2 Å². The van der Waals surface area contributed by atoms with Crippen molar-refractivity contribution >= 4 is 6.08 Å². The predicted molar refractivity (Wildman–Crippen MR) is 106 cm³/mol. The normalized spacial score (nSPS) is 15.5. The van der Waals surface area contributed by atoms with Crippen molar-refractivity contribution in [3.05, 3.63) is 95.1 Å². The van der Waals surface area contributed by atoms with Crippen LogP contribution < -0.4 is 4.74 Å². The molecule has 3 aromatic carbocycles. The van der Waals surface area contributed by atoms with E-state index in [1.54, 1.807) is 7.11 Å². The molecule has 0 spiro atoms. The van der Waals surface area contributed by atoms with Crippen LogP contribution in [0.2, 0.25) is 0 Å². The van der Waals surface area contributed by atoms with Crippen LogP contribution >= 0.6 is 0 Å². The number of rotatable bonds is 4. The fraction of sp³-hybridized carbons (Fsp3) is 0.167. The summed E-state index contributed by atoms with van der Waals surface area (Å²) < 4.78 is 5.28. The van der Waals surface area contributed by atoms with E-state index in [4.69, 9.17) is 4.74 Å². The summed E-state index contributed by atoms with van der Waals surface area (Å²) in [6, 6.07) is 22.9. The molecule has 2 nitrogen and oxygen atoms in total. The van der Waals surface area contributed by atoms with Gasteiger partial charge in [0.15, 0.2) is 0 Å². The second-order valence-corrected chi connectivity index (χ2v) is 6.58. The Bertz CT molecular complexity index is 924. The molecule has 2 heteroatoms. The van der Waals surface area contributed by atoms with E-state index in [2.05, 4.69) is 48.6 Å². The fourth-order valence-corrected chi connectivity index (χ4v) is 3.84. The van der Waals surface area contributed by atoms with Gasteiger partial charge in [-0.3, -0.25) is 0 Å². The van der Waals surface area contributed by atoms with Gasteiger partial charge < -0.3 is 9.84 Å². The summed E-state index contributed by atoms with van der Waals surface area (Å²) in [6.07, 6.45) is 5.34. The molecule has 0 heterocycles. The number of aliphatic hydroxyl groups is 1. The predicted octanol–water partition coefficient (Wildman–Crippen LogP) is 5.40. The zero-order valence-electron chi connectivity index (χ0n) is 14.9. The summed E-state index contributed by atoms with van der Waals surface area (Å²) in [5.41, 5.74) is 6.95. The molecule has 1 N–H and O–H groups in total. The maximum Gasteiger partial charge on any atom is 0.118 e. The maximum absolute atomic E-state index is 10.1. The zero-order chi connectivity index (χ0) is 17.9. The first-order valence-corrected chi connectivity index (χ1v) is 8.94. The van der Waals surface area contributed by atoms with Gasteiger partial charge >= 0.3 is 0 Å². The summed E-state index contributed by atoms with van der Waals surface area (Å²) in [6.45, 7) is 0.0348. The quantitative estimate of drug-likeness (QED) is 0.687. The Hall–Kier alpha value is -2.84. The molecule has 0 saturated heterocycles. The lowest BCUT2D eigenvalue weighted by Crippen LogP contribution is -2.09. The first kappa shape index (κ1) is 16.6. The number of fused-ring (bicyclic) bond motifs is 1. The van der Waals surface area contributed by atoms with E-state index >= 15 is 0 Å². The van der Waals surface area contributed by atoms with Crippen LogP contribution in [0.1, 0.15) is 34.6 Å². The second-order valence-electron chi connectivity index (χ2n) is 6.58. The molecule has 0 radical (unpaired) electrons.